The molecule has 1 aromatic carbocycles. The van der Waals surface area contributed by atoms with Crippen molar-refractivity contribution in [2.45, 2.75) is 37.6 Å². The molecule has 2 heterocycles. The number of hydrogen-bond donors (Lipinski definition) is 1. The summed E-state index contributed by atoms with van der Waals surface area (Å²) in [6.45, 7) is 0.360. The second-order valence-corrected chi connectivity index (χ2v) is 6.96. The van der Waals surface area contributed by atoms with Crippen LogP contribution < -0.4 is 5.32 Å². The van der Waals surface area contributed by atoms with Crippen molar-refractivity contribution in [3.05, 3.63) is 65.1 Å². The van der Waals surface area contributed by atoms with E-state index < -0.39 is 5.41 Å². The van der Waals surface area contributed by atoms with Gasteiger partial charge in [-0.05, 0) is 42.7 Å². The van der Waals surface area contributed by atoms with Crippen LogP contribution in [0.2, 0.25) is 5.02 Å². The van der Waals surface area contributed by atoms with E-state index in [0.29, 0.717) is 11.6 Å². The van der Waals surface area contributed by atoms with E-state index in [9.17, 15) is 4.79 Å². The first kappa shape index (κ1) is 16.1. The maximum atomic E-state index is 13.1. The van der Waals surface area contributed by atoms with Crippen LogP contribution in [-0.2, 0) is 16.8 Å². The van der Waals surface area contributed by atoms with Crippen LogP contribution in [0.25, 0.3) is 5.65 Å². The quantitative estimate of drug-likeness (QED) is 0.780. The van der Waals surface area contributed by atoms with Crippen LogP contribution >= 0.6 is 11.6 Å². The van der Waals surface area contributed by atoms with E-state index in [1.54, 1.807) is 0 Å². The van der Waals surface area contributed by atoms with Crippen LogP contribution in [0.4, 0.5) is 0 Å². The Morgan fingerprint density at radius 1 is 1.12 bits per heavy atom. The van der Waals surface area contributed by atoms with Crippen LogP contribution in [-0.4, -0.2) is 20.5 Å². The predicted molar refractivity (Wildman–Crippen MR) is 96.4 cm³/mol. The van der Waals surface area contributed by atoms with Gasteiger partial charge in [0.1, 0.15) is 0 Å². The average Bonchev–Trinajstić information content (AvgIpc) is 3.28. The summed E-state index contributed by atoms with van der Waals surface area (Å²) in [4.78, 5) is 13.1. The first-order valence-corrected chi connectivity index (χ1v) is 8.90. The summed E-state index contributed by atoms with van der Waals surface area (Å²) >= 11 is 6.01. The number of carbonyl (C=O) groups is 1. The van der Waals surface area contributed by atoms with Crippen LogP contribution in [0.5, 0.6) is 0 Å². The number of aromatic nitrogens is 3. The molecule has 1 aliphatic rings. The van der Waals surface area contributed by atoms with Crippen LogP contribution in [0, 0.1) is 0 Å². The maximum Gasteiger partial charge on any atom is 0.231 e. The minimum Gasteiger partial charge on any atom is -0.348 e. The van der Waals surface area contributed by atoms with Gasteiger partial charge in [0.05, 0.1) is 12.0 Å². The Morgan fingerprint density at radius 3 is 2.64 bits per heavy atom. The smallest absolute Gasteiger partial charge is 0.231 e. The molecular weight excluding hydrogens is 336 g/mol. The second-order valence-electron chi connectivity index (χ2n) is 6.52. The van der Waals surface area contributed by atoms with Gasteiger partial charge in [-0.2, -0.15) is 0 Å². The van der Waals surface area contributed by atoms with Crippen molar-refractivity contribution in [2.24, 2.45) is 0 Å². The average molecular weight is 355 g/mol. The Labute approximate surface area is 151 Å². The Balaban J connectivity index is 1.56. The molecule has 3 aromatic rings. The molecule has 0 saturated heterocycles. The summed E-state index contributed by atoms with van der Waals surface area (Å²) in [5.74, 6) is 0.785. The zero-order valence-electron chi connectivity index (χ0n) is 13.8. The van der Waals surface area contributed by atoms with E-state index in [1.807, 2.05) is 53.1 Å². The summed E-state index contributed by atoms with van der Waals surface area (Å²) in [5, 5.41) is 12.1. The summed E-state index contributed by atoms with van der Waals surface area (Å²) in [5.41, 5.74) is 1.35. The fraction of sp³-hybridized carbons (Fsp3) is 0.316. The molecular formula is C19H19ClN4O. The van der Waals surface area contributed by atoms with Crippen LogP contribution in [0.3, 0.4) is 0 Å². The van der Waals surface area contributed by atoms with Gasteiger partial charge in [0.2, 0.25) is 5.91 Å². The largest absolute Gasteiger partial charge is 0.348 e. The lowest BCUT2D eigenvalue weighted by molar-refractivity contribution is -0.126. The number of nitrogens with one attached hydrogen (secondary N) is 1. The number of halogens is 1. The minimum atomic E-state index is -0.467. The number of rotatable bonds is 4. The first-order chi connectivity index (χ1) is 12.2. The Hall–Kier alpha value is -2.40. The molecule has 0 spiro atoms. The number of hydrogen-bond acceptors (Lipinski definition) is 3. The Bertz CT molecular complexity index is 897. The van der Waals surface area contributed by atoms with Crippen LogP contribution in [0.15, 0.2) is 48.7 Å². The molecule has 2 aromatic heterocycles. The van der Waals surface area contributed by atoms with Crippen molar-refractivity contribution in [1.82, 2.24) is 19.9 Å². The normalized spacial score (nSPS) is 16.2. The molecule has 4 rings (SSSR count). The molecule has 128 valence electrons. The van der Waals surface area contributed by atoms with Crippen molar-refractivity contribution in [1.29, 1.82) is 0 Å². The van der Waals surface area contributed by atoms with Crippen molar-refractivity contribution >= 4 is 23.2 Å². The van der Waals surface area contributed by atoms with Gasteiger partial charge < -0.3 is 5.32 Å². The highest BCUT2D eigenvalue weighted by Gasteiger charge is 2.42. The third kappa shape index (κ3) is 2.89. The van der Waals surface area contributed by atoms with E-state index in [4.69, 9.17) is 11.6 Å². The van der Waals surface area contributed by atoms with Gasteiger partial charge in [-0.3, -0.25) is 9.20 Å². The summed E-state index contributed by atoms with van der Waals surface area (Å²) in [6.07, 6.45) is 5.75. The number of nitrogens with zero attached hydrogens (tertiary/aromatic N) is 3. The molecule has 25 heavy (non-hydrogen) atoms. The van der Waals surface area contributed by atoms with Crippen molar-refractivity contribution < 1.29 is 4.79 Å². The van der Waals surface area contributed by atoms with Gasteiger partial charge in [-0.25, -0.2) is 0 Å². The third-order valence-corrected chi connectivity index (χ3v) is 5.33. The first-order valence-electron chi connectivity index (χ1n) is 8.52. The van der Waals surface area contributed by atoms with Gasteiger partial charge in [0, 0.05) is 11.2 Å². The Kier molecular flexibility index (Phi) is 4.17. The van der Waals surface area contributed by atoms with Crippen molar-refractivity contribution in [3.63, 3.8) is 0 Å². The third-order valence-electron chi connectivity index (χ3n) is 5.08. The van der Waals surface area contributed by atoms with Gasteiger partial charge in [-0.1, -0.05) is 42.6 Å². The number of pyridine rings is 1. The monoisotopic (exact) mass is 354 g/mol. The zero-order valence-corrected chi connectivity index (χ0v) is 14.5. The Morgan fingerprint density at radius 2 is 1.88 bits per heavy atom. The fourth-order valence-electron chi connectivity index (χ4n) is 3.73. The lowest BCUT2D eigenvalue weighted by Crippen LogP contribution is -2.42. The SMILES string of the molecule is O=C(NCc1nnc2ccccn12)C1(c2ccc(Cl)cc2)CCCC1. The maximum absolute atomic E-state index is 13.1. The van der Waals surface area contributed by atoms with Gasteiger partial charge in [0.25, 0.3) is 0 Å². The van der Waals surface area contributed by atoms with Gasteiger partial charge >= 0.3 is 0 Å². The number of carbonyl (C=O) groups excluding carboxylic acids is 1. The molecule has 1 amide bonds. The molecule has 0 aliphatic heterocycles. The van der Waals surface area contributed by atoms with Gasteiger partial charge in [0.15, 0.2) is 11.5 Å². The lowest BCUT2D eigenvalue weighted by atomic mass is 9.78. The standard InChI is InChI=1S/C19H19ClN4O/c20-15-8-6-14(7-9-15)19(10-2-3-11-19)18(25)21-13-17-23-22-16-5-1-4-12-24(16)17/h1,4-9,12H,2-3,10-11,13H2,(H,21,25). The molecule has 0 atom stereocenters. The summed E-state index contributed by atoms with van der Waals surface area (Å²) < 4.78 is 1.89. The summed E-state index contributed by atoms with van der Waals surface area (Å²) in [7, 11) is 0. The van der Waals surface area contributed by atoms with E-state index in [-0.39, 0.29) is 5.91 Å². The highest BCUT2D eigenvalue weighted by atomic mass is 35.5. The molecule has 1 fully saturated rings. The zero-order chi connectivity index (χ0) is 17.3. The fourth-order valence-corrected chi connectivity index (χ4v) is 3.86. The van der Waals surface area contributed by atoms with E-state index >= 15 is 0 Å². The predicted octanol–water partition coefficient (Wildman–Crippen LogP) is 3.51. The molecule has 0 radical (unpaired) electrons. The molecule has 0 unspecified atom stereocenters. The highest BCUT2D eigenvalue weighted by Crippen LogP contribution is 2.41. The number of benzene rings is 1. The second kappa shape index (κ2) is 6.48. The molecule has 1 saturated carbocycles. The topological polar surface area (TPSA) is 59.3 Å². The molecule has 1 N–H and O–H groups in total. The molecule has 0 bridgehead atoms. The van der Waals surface area contributed by atoms with Crippen LogP contribution in [0.1, 0.15) is 37.1 Å². The lowest BCUT2D eigenvalue weighted by Gasteiger charge is -2.28. The minimum absolute atomic E-state index is 0.0556. The highest BCUT2D eigenvalue weighted by molar-refractivity contribution is 6.30. The van der Waals surface area contributed by atoms with Gasteiger partial charge in [-0.15, -0.1) is 10.2 Å². The number of amides is 1. The number of fused-ring (bicyclic) bond motifs is 1. The molecule has 6 heteroatoms. The molecule has 5 nitrogen and oxygen atoms in total. The van der Waals surface area contributed by atoms with E-state index in [2.05, 4.69) is 15.5 Å². The van der Waals surface area contributed by atoms with Crippen molar-refractivity contribution in [3.8, 4) is 0 Å². The summed E-state index contributed by atoms with van der Waals surface area (Å²) in [6, 6.07) is 13.4. The van der Waals surface area contributed by atoms with E-state index in [1.165, 1.54) is 0 Å². The van der Waals surface area contributed by atoms with E-state index in [0.717, 1.165) is 42.7 Å². The molecule has 1 aliphatic carbocycles. The van der Waals surface area contributed by atoms with Crippen molar-refractivity contribution in [2.75, 3.05) is 0 Å².